The van der Waals surface area contributed by atoms with Gasteiger partial charge in [0, 0.05) is 25.2 Å². The summed E-state index contributed by atoms with van der Waals surface area (Å²) in [7, 11) is 0. The minimum absolute atomic E-state index is 0.0185. The molecular weight excluding hydrogens is 421 g/mol. The van der Waals surface area contributed by atoms with Gasteiger partial charge in [0.2, 0.25) is 11.6 Å². The number of benzene rings is 1. The van der Waals surface area contributed by atoms with E-state index in [0.717, 1.165) is 12.1 Å². The molecule has 0 saturated heterocycles. The summed E-state index contributed by atoms with van der Waals surface area (Å²) in [6.07, 6.45) is -4.69. The number of H-pyrrole nitrogens is 1. The number of rotatable bonds is 3. The fourth-order valence-corrected chi connectivity index (χ4v) is 3.07. The number of aromatic nitrogens is 5. The third-order valence-corrected chi connectivity index (χ3v) is 4.67. The van der Waals surface area contributed by atoms with Gasteiger partial charge in [-0.1, -0.05) is 11.6 Å². The highest BCUT2D eigenvalue weighted by Crippen LogP contribution is 2.33. The molecule has 3 aromatic rings. The predicted octanol–water partition coefficient (Wildman–Crippen LogP) is 3.64. The van der Waals surface area contributed by atoms with E-state index in [1.807, 2.05) is 0 Å². The van der Waals surface area contributed by atoms with Crippen LogP contribution in [0.15, 0.2) is 18.2 Å². The molecule has 0 spiro atoms. The third kappa shape index (κ3) is 3.67. The first-order valence-corrected chi connectivity index (χ1v) is 8.60. The van der Waals surface area contributed by atoms with E-state index in [1.54, 1.807) is 10.00 Å². The van der Waals surface area contributed by atoms with Crippen LogP contribution in [0.4, 0.5) is 33.5 Å². The third-order valence-electron chi connectivity index (χ3n) is 4.26. The van der Waals surface area contributed by atoms with Crippen molar-refractivity contribution in [3.63, 3.8) is 0 Å². The summed E-state index contributed by atoms with van der Waals surface area (Å²) in [6, 6.07) is 3.32. The predicted molar refractivity (Wildman–Crippen MR) is 93.3 cm³/mol. The number of aromatic amines is 1. The van der Waals surface area contributed by atoms with Crippen molar-refractivity contribution in [2.24, 2.45) is 0 Å². The van der Waals surface area contributed by atoms with E-state index in [1.165, 1.54) is 6.07 Å². The Bertz CT molecular complexity index is 1070. The van der Waals surface area contributed by atoms with Gasteiger partial charge in [-0.05, 0) is 18.2 Å². The summed E-state index contributed by atoms with van der Waals surface area (Å²) in [5.74, 6) is -2.67. The van der Waals surface area contributed by atoms with Gasteiger partial charge in [-0.25, -0.2) is 13.8 Å². The molecule has 1 aliphatic rings. The van der Waals surface area contributed by atoms with Crippen molar-refractivity contribution in [3.8, 4) is 11.5 Å². The maximum absolute atomic E-state index is 14.2. The van der Waals surface area contributed by atoms with E-state index in [9.17, 15) is 22.0 Å². The van der Waals surface area contributed by atoms with Crippen LogP contribution < -0.4 is 10.2 Å². The quantitative estimate of drug-likeness (QED) is 0.486. The first kappa shape index (κ1) is 19.3. The Kier molecular flexibility index (Phi) is 4.73. The molecule has 7 nitrogen and oxygen atoms in total. The molecule has 0 amide bonds. The summed E-state index contributed by atoms with van der Waals surface area (Å²) in [4.78, 5) is 5.04. The molecular formula is C16H11ClF5N7. The van der Waals surface area contributed by atoms with E-state index in [4.69, 9.17) is 11.6 Å². The summed E-state index contributed by atoms with van der Waals surface area (Å²) in [5.41, 5.74) is 0.351. The number of anilines is 2. The van der Waals surface area contributed by atoms with Crippen molar-refractivity contribution < 1.29 is 22.0 Å². The topological polar surface area (TPSA) is 82.6 Å². The van der Waals surface area contributed by atoms with Crippen LogP contribution in [0.3, 0.4) is 0 Å². The SMILES string of the molecule is Fc1ccc(F)c(CN2CCNc3nnc(-c4n[nH]c(C(F)(F)F)n4)cc32)c1Cl. The summed E-state index contributed by atoms with van der Waals surface area (Å²) >= 11 is 5.90. The number of fused-ring (bicyclic) bond motifs is 1. The van der Waals surface area contributed by atoms with Crippen LogP contribution in [0.25, 0.3) is 11.5 Å². The van der Waals surface area contributed by atoms with Crippen LogP contribution in [-0.4, -0.2) is 38.5 Å². The lowest BCUT2D eigenvalue weighted by atomic mass is 10.1. The van der Waals surface area contributed by atoms with Crippen molar-refractivity contribution in [3.05, 3.63) is 46.2 Å². The Hall–Kier alpha value is -3.02. The van der Waals surface area contributed by atoms with Crippen LogP contribution in [0.1, 0.15) is 11.4 Å². The van der Waals surface area contributed by atoms with E-state index in [-0.39, 0.29) is 28.6 Å². The van der Waals surface area contributed by atoms with Gasteiger partial charge >= 0.3 is 6.18 Å². The van der Waals surface area contributed by atoms with Gasteiger partial charge in [-0.3, -0.25) is 5.10 Å². The van der Waals surface area contributed by atoms with Crippen molar-refractivity contribution in [1.82, 2.24) is 25.4 Å². The maximum Gasteiger partial charge on any atom is 0.451 e. The zero-order valence-corrected chi connectivity index (χ0v) is 15.1. The molecule has 1 aromatic carbocycles. The van der Waals surface area contributed by atoms with Gasteiger partial charge in [0.15, 0.2) is 5.82 Å². The first-order valence-electron chi connectivity index (χ1n) is 8.23. The molecule has 2 N–H and O–H groups in total. The van der Waals surface area contributed by atoms with Crippen molar-refractivity contribution in [1.29, 1.82) is 0 Å². The van der Waals surface area contributed by atoms with Gasteiger partial charge in [-0.2, -0.15) is 18.3 Å². The van der Waals surface area contributed by atoms with Crippen molar-refractivity contribution in [2.75, 3.05) is 23.3 Å². The first-order chi connectivity index (χ1) is 13.7. The molecule has 3 heterocycles. The Morgan fingerprint density at radius 1 is 1.14 bits per heavy atom. The van der Waals surface area contributed by atoms with Crippen LogP contribution in [0, 0.1) is 11.6 Å². The molecule has 4 rings (SSSR count). The fraction of sp³-hybridized carbons (Fsp3) is 0.250. The Balaban J connectivity index is 1.69. The van der Waals surface area contributed by atoms with Gasteiger partial charge in [0.1, 0.15) is 17.3 Å². The lowest BCUT2D eigenvalue weighted by Crippen LogP contribution is -2.34. The van der Waals surface area contributed by atoms with Gasteiger partial charge in [0.05, 0.1) is 10.7 Å². The molecule has 0 atom stereocenters. The molecule has 13 heteroatoms. The average Bonchev–Trinajstić information content (AvgIpc) is 3.19. The largest absolute Gasteiger partial charge is 0.451 e. The Labute approximate surface area is 164 Å². The summed E-state index contributed by atoms with van der Waals surface area (Å²) < 4.78 is 66.1. The molecule has 0 radical (unpaired) electrons. The van der Waals surface area contributed by atoms with Crippen LogP contribution >= 0.6 is 11.6 Å². The smallest absolute Gasteiger partial charge is 0.365 e. The van der Waals surface area contributed by atoms with Gasteiger partial charge < -0.3 is 10.2 Å². The van der Waals surface area contributed by atoms with E-state index < -0.39 is 23.6 Å². The minimum atomic E-state index is -4.69. The van der Waals surface area contributed by atoms with Crippen molar-refractivity contribution >= 4 is 23.1 Å². The second kappa shape index (κ2) is 7.10. The Morgan fingerprint density at radius 3 is 2.62 bits per heavy atom. The number of halogens is 6. The van der Waals surface area contributed by atoms with E-state index in [2.05, 4.69) is 25.6 Å². The standard InChI is InChI=1S/C16H11ClF5N7/c17-12-7(8(18)1-2-9(12)19)6-29-4-3-23-14-11(29)5-10(25-27-14)13-24-15(28-26-13)16(20,21)22/h1-2,5H,3-4,6H2,(H,23,27)(H,24,26,28). The van der Waals surface area contributed by atoms with Crippen LogP contribution in [0.2, 0.25) is 5.02 Å². The summed E-state index contributed by atoms with van der Waals surface area (Å²) in [6.45, 7) is 0.741. The minimum Gasteiger partial charge on any atom is -0.365 e. The zero-order chi connectivity index (χ0) is 20.8. The van der Waals surface area contributed by atoms with Gasteiger partial charge in [0.25, 0.3) is 0 Å². The maximum atomic E-state index is 14.2. The van der Waals surface area contributed by atoms with Gasteiger partial charge in [-0.15, -0.1) is 10.2 Å². The lowest BCUT2D eigenvalue weighted by Gasteiger charge is -2.31. The molecule has 152 valence electrons. The normalized spacial score (nSPS) is 13.9. The van der Waals surface area contributed by atoms with E-state index in [0.29, 0.717) is 24.6 Å². The van der Waals surface area contributed by atoms with Crippen LogP contribution in [0.5, 0.6) is 0 Å². The molecule has 0 fully saturated rings. The molecule has 0 aliphatic carbocycles. The van der Waals surface area contributed by atoms with E-state index >= 15 is 0 Å². The molecule has 0 unspecified atom stereocenters. The van der Waals surface area contributed by atoms with Crippen LogP contribution in [-0.2, 0) is 12.7 Å². The molecule has 0 saturated carbocycles. The molecule has 2 aromatic heterocycles. The molecule has 1 aliphatic heterocycles. The monoisotopic (exact) mass is 431 g/mol. The average molecular weight is 432 g/mol. The number of alkyl halides is 3. The Morgan fingerprint density at radius 2 is 1.90 bits per heavy atom. The van der Waals surface area contributed by atoms with Crippen molar-refractivity contribution in [2.45, 2.75) is 12.7 Å². The fourth-order valence-electron chi connectivity index (χ4n) is 2.86. The number of hydrogen-bond donors (Lipinski definition) is 2. The number of nitrogens with zero attached hydrogens (tertiary/aromatic N) is 5. The molecule has 0 bridgehead atoms. The molecule has 29 heavy (non-hydrogen) atoms. The number of hydrogen-bond acceptors (Lipinski definition) is 6. The summed E-state index contributed by atoms with van der Waals surface area (Å²) in [5, 5.41) is 15.8. The number of nitrogens with one attached hydrogen (secondary N) is 2. The lowest BCUT2D eigenvalue weighted by molar-refractivity contribution is -0.144. The highest BCUT2D eigenvalue weighted by Gasteiger charge is 2.35. The zero-order valence-electron chi connectivity index (χ0n) is 14.4. The second-order valence-corrected chi connectivity index (χ2v) is 6.52. The highest BCUT2D eigenvalue weighted by molar-refractivity contribution is 6.31. The second-order valence-electron chi connectivity index (χ2n) is 6.14. The highest BCUT2D eigenvalue weighted by atomic mass is 35.5.